The summed E-state index contributed by atoms with van der Waals surface area (Å²) in [5.74, 6) is 0.0991. The van der Waals surface area contributed by atoms with E-state index in [1.165, 1.54) is 23.1 Å². The molecule has 3 rings (SSSR count). The van der Waals surface area contributed by atoms with Gasteiger partial charge in [0.2, 0.25) is 11.8 Å². The molecule has 2 aromatic rings. The molecule has 1 heterocycles. The van der Waals surface area contributed by atoms with Crippen LogP contribution >= 0.6 is 0 Å². The SMILES string of the molecule is CCN(CC(=O)Nc1ccc2c(c1)OCCO2)CC(=O)Nc1ccccc1C(F)(F)F. The standard InChI is InChI=1S/C21H22F3N3O4/c1-2-27(13-20(29)26-16-6-4-3-5-15(16)21(22,23)24)12-19(28)25-14-7-8-17-18(11-14)31-10-9-30-17/h3-8,11H,2,9-10,12-13H2,1H3,(H,25,28)(H,26,29). The van der Waals surface area contributed by atoms with Crippen molar-refractivity contribution in [1.82, 2.24) is 4.90 Å². The number of nitrogens with one attached hydrogen (secondary N) is 2. The number of carbonyl (C=O) groups excluding carboxylic acids is 2. The number of halogens is 3. The van der Waals surface area contributed by atoms with Gasteiger partial charge in [0.15, 0.2) is 11.5 Å². The normalized spacial score (nSPS) is 13.1. The lowest BCUT2D eigenvalue weighted by Crippen LogP contribution is -2.38. The van der Waals surface area contributed by atoms with E-state index in [9.17, 15) is 22.8 Å². The molecule has 0 radical (unpaired) electrons. The zero-order valence-electron chi connectivity index (χ0n) is 16.8. The molecule has 31 heavy (non-hydrogen) atoms. The third-order valence-corrected chi connectivity index (χ3v) is 4.51. The fourth-order valence-electron chi connectivity index (χ4n) is 3.04. The maximum absolute atomic E-state index is 13.1. The van der Waals surface area contributed by atoms with Crippen LogP contribution in [0, 0.1) is 0 Å². The smallest absolute Gasteiger partial charge is 0.418 e. The average molecular weight is 437 g/mol. The highest BCUT2D eigenvalue weighted by molar-refractivity contribution is 5.95. The fourth-order valence-corrected chi connectivity index (χ4v) is 3.04. The fraction of sp³-hybridized carbons (Fsp3) is 0.333. The van der Waals surface area contributed by atoms with Crippen molar-refractivity contribution in [2.45, 2.75) is 13.1 Å². The van der Waals surface area contributed by atoms with Gasteiger partial charge in [0, 0.05) is 11.8 Å². The van der Waals surface area contributed by atoms with Crippen LogP contribution < -0.4 is 20.1 Å². The van der Waals surface area contributed by atoms with Crippen molar-refractivity contribution in [3.63, 3.8) is 0 Å². The third kappa shape index (κ3) is 6.11. The minimum absolute atomic E-state index is 0.112. The van der Waals surface area contributed by atoms with Gasteiger partial charge in [0.25, 0.3) is 0 Å². The summed E-state index contributed by atoms with van der Waals surface area (Å²) in [5, 5.41) is 4.99. The van der Waals surface area contributed by atoms with E-state index in [4.69, 9.17) is 9.47 Å². The summed E-state index contributed by atoms with van der Waals surface area (Å²) in [7, 11) is 0. The van der Waals surface area contributed by atoms with E-state index >= 15 is 0 Å². The average Bonchev–Trinajstić information content (AvgIpc) is 2.72. The Hall–Kier alpha value is -3.27. The predicted molar refractivity (Wildman–Crippen MR) is 108 cm³/mol. The first-order valence-electron chi connectivity index (χ1n) is 9.64. The summed E-state index contributed by atoms with van der Waals surface area (Å²) in [6, 6.07) is 9.74. The number of benzene rings is 2. The number of likely N-dealkylation sites (N-methyl/N-ethyl adjacent to an activating group) is 1. The number of hydrogen-bond donors (Lipinski definition) is 2. The molecule has 0 saturated heterocycles. The van der Waals surface area contributed by atoms with Gasteiger partial charge in [0.1, 0.15) is 13.2 Å². The molecule has 0 aliphatic carbocycles. The van der Waals surface area contributed by atoms with E-state index < -0.39 is 17.6 Å². The van der Waals surface area contributed by atoms with Gasteiger partial charge in [-0.1, -0.05) is 19.1 Å². The summed E-state index contributed by atoms with van der Waals surface area (Å²) < 4.78 is 50.1. The first kappa shape index (κ1) is 22.4. The second-order valence-electron chi connectivity index (χ2n) is 6.80. The minimum Gasteiger partial charge on any atom is -0.486 e. The van der Waals surface area contributed by atoms with Crippen LogP contribution in [0.15, 0.2) is 42.5 Å². The molecule has 0 saturated carbocycles. The van der Waals surface area contributed by atoms with E-state index in [0.717, 1.165) is 6.07 Å². The van der Waals surface area contributed by atoms with Gasteiger partial charge in [-0.05, 0) is 30.8 Å². The highest BCUT2D eigenvalue weighted by Gasteiger charge is 2.33. The first-order valence-corrected chi connectivity index (χ1v) is 9.64. The number of para-hydroxylation sites is 1. The van der Waals surface area contributed by atoms with Gasteiger partial charge in [0.05, 0.1) is 24.3 Å². The molecule has 0 bridgehead atoms. The Balaban J connectivity index is 1.56. The highest BCUT2D eigenvalue weighted by atomic mass is 19.4. The van der Waals surface area contributed by atoms with E-state index in [0.29, 0.717) is 36.9 Å². The lowest BCUT2D eigenvalue weighted by atomic mass is 10.1. The van der Waals surface area contributed by atoms with Crippen molar-refractivity contribution >= 4 is 23.2 Å². The number of rotatable bonds is 7. The van der Waals surface area contributed by atoms with Crippen molar-refractivity contribution in [2.75, 3.05) is 43.5 Å². The zero-order valence-corrected chi connectivity index (χ0v) is 16.8. The topological polar surface area (TPSA) is 79.9 Å². The van der Waals surface area contributed by atoms with Gasteiger partial charge in [-0.25, -0.2) is 0 Å². The summed E-state index contributed by atoms with van der Waals surface area (Å²) in [6.07, 6.45) is -4.59. The number of alkyl halides is 3. The molecule has 1 aliphatic heterocycles. The Kier molecular flexibility index (Phi) is 7.01. The van der Waals surface area contributed by atoms with Crippen LogP contribution in [0.1, 0.15) is 12.5 Å². The largest absolute Gasteiger partial charge is 0.486 e. The molecule has 2 amide bonds. The van der Waals surface area contributed by atoms with E-state index in [1.54, 1.807) is 25.1 Å². The highest BCUT2D eigenvalue weighted by Crippen LogP contribution is 2.34. The molecular formula is C21H22F3N3O4. The Labute approximate surface area is 177 Å². The Morgan fingerprint density at radius 1 is 0.968 bits per heavy atom. The molecule has 2 aromatic carbocycles. The summed E-state index contributed by atoms with van der Waals surface area (Å²) in [6.45, 7) is 2.62. The lowest BCUT2D eigenvalue weighted by Gasteiger charge is -2.21. The van der Waals surface area contributed by atoms with Crippen LogP contribution in [0.3, 0.4) is 0 Å². The van der Waals surface area contributed by atoms with Gasteiger partial charge < -0.3 is 20.1 Å². The molecule has 0 atom stereocenters. The molecule has 1 aliphatic rings. The number of ether oxygens (including phenoxy) is 2. The van der Waals surface area contributed by atoms with Crippen molar-refractivity contribution in [1.29, 1.82) is 0 Å². The molecule has 10 heteroatoms. The van der Waals surface area contributed by atoms with Gasteiger partial charge in [-0.3, -0.25) is 14.5 Å². The number of hydrogen-bond acceptors (Lipinski definition) is 5. The van der Waals surface area contributed by atoms with E-state index in [1.807, 2.05) is 0 Å². The van der Waals surface area contributed by atoms with E-state index in [-0.39, 0.29) is 24.7 Å². The van der Waals surface area contributed by atoms with Crippen molar-refractivity contribution in [2.24, 2.45) is 0 Å². The Bertz CT molecular complexity index is 950. The van der Waals surface area contributed by atoms with Crippen molar-refractivity contribution in [3.05, 3.63) is 48.0 Å². The molecule has 0 unspecified atom stereocenters. The molecular weight excluding hydrogens is 415 g/mol. The molecule has 0 aromatic heterocycles. The Morgan fingerprint density at radius 3 is 2.29 bits per heavy atom. The van der Waals surface area contributed by atoms with Gasteiger partial charge in [-0.2, -0.15) is 13.2 Å². The monoisotopic (exact) mass is 437 g/mol. The maximum atomic E-state index is 13.1. The lowest BCUT2D eigenvalue weighted by molar-refractivity contribution is -0.137. The van der Waals surface area contributed by atoms with Crippen LogP contribution in [0.5, 0.6) is 11.5 Å². The Morgan fingerprint density at radius 2 is 1.61 bits per heavy atom. The third-order valence-electron chi connectivity index (χ3n) is 4.51. The second kappa shape index (κ2) is 9.69. The second-order valence-corrected chi connectivity index (χ2v) is 6.80. The van der Waals surface area contributed by atoms with Crippen molar-refractivity contribution in [3.8, 4) is 11.5 Å². The number of carbonyl (C=O) groups is 2. The summed E-state index contributed by atoms with van der Waals surface area (Å²) in [5.41, 5.74) is -0.742. The van der Waals surface area contributed by atoms with Crippen LogP contribution in [0.2, 0.25) is 0 Å². The van der Waals surface area contributed by atoms with Crippen LogP contribution in [0.25, 0.3) is 0 Å². The molecule has 166 valence electrons. The summed E-state index contributed by atoms with van der Waals surface area (Å²) >= 11 is 0. The quantitative estimate of drug-likeness (QED) is 0.694. The maximum Gasteiger partial charge on any atom is 0.418 e. The van der Waals surface area contributed by atoms with Crippen LogP contribution in [-0.4, -0.2) is 49.6 Å². The minimum atomic E-state index is -4.59. The predicted octanol–water partition coefficient (Wildman–Crippen LogP) is 3.38. The van der Waals surface area contributed by atoms with E-state index in [2.05, 4.69) is 10.6 Å². The number of amides is 2. The van der Waals surface area contributed by atoms with Crippen LogP contribution in [0.4, 0.5) is 24.5 Å². The number of nitrogens with zero attached hydrogens (tertiary/aromatic N) is 1. The van der Waals surface area contributed by atoms with Crippen molar-refractivity contribution < 1.29 is 32.2 Å². The van der Waals surface area contributed by atoms with Gasteiger partial charge >= 0.3 is 6.18 Å². The molecule has 2 N–H and O–H groups in total. The van der Waals surface area contributed by atoms with Crippen LogP contribution in [-0.2, 0) is 15.8 Å². The summed E-state index contributed by atoms with van der Waals surface area (Å²) in [4.78, 5) is 26.2. The first-order chi connectivity index (χ1) is 14.8. The molecule has 0 fully saturated rings. The molecule has 0 spiro atoms. The number of fused-ring (bicyclic) bond motifs is 1. The van der Waals surface area contributed by atoms with Gasteiger partial charge in [-0.15, -0.1) is 0 Å². The zero-order chi connectivity index (χ0) is 22.4. The molecule has 7 nitrogen and oxygen atoms in total. The number of anilines is 2.